The second kappa shape index (κ2) is 4.28. The van der Waals surface area contributed by atoms with Crippen LogP contribution in [0.2, 0.25) is 0 Å². The SMILES string of the molecule is CO[C@H]1CNCC1N1C(=O)CCCC1=O. The average Bonchev–Trinajstić information content (AvgIpc) is 2.65. The topological polar surface area (TPSA) is 58.6 Å². The minimum Gasteiger partial charge on any atom is -0.378 e. The van der Waals surface area contributed by atoms with Gasteiger partial charge in [0.15, 0.2) is 0 Å². The lowest BCUT2D eigenvalue weighted by atomic mass is 10.0. The maximum atomic E-state index is 11.7. The van der Waals surface area contributed by atoms with Gasteiger partial charge in [0, 0.05) is 33.0 Å². The molecule has 2 rings (SSSR count). The van der Waals surface area contributed by atoms with Crippen molar-refractivity contribution in [3.05, 3.63) is 0 Å². The van der Waals surface area contributed by atoms with Gasteiger partial charge in [0.05, 0.1) is 12.1 Å². The van der Waals surface area contributed by atoms with E-state index in [0.29, 0.717) is 32.4 Å². The van der Waals surface area contributed by atoms with Crippen molar-refractivity contribution in [1.82, 2.24) is 10.2 Å². The maximum absolute atomic E-state index is 11.7. The van der Waals surface area contributed by atoms with Crippen molar-refractivity contribution in [3.8, 4) is 0 Å². The Morgan fingerprint density at radius 2 is 1.93 bits per heavy atom. The van der Waals surface area contributed by atoms with Crippen molar-refractivity contribution in [3.63, 3.8) is 0 Å². The Morgan fingerprint density at radius 1 is 1.27 bits per heavy atom. The molecule has 5 nitrogen and oxygen atoms in total. The Kier molecular flexibility index (Phi) is 3.02. The molecule has 2 aliphatic rings. The molecular weight excluding hydrogens is 196 g/mol. The zero-order valence-corrected chi connectivity index (χ0v) is 8.86. The van der Waals surface area contributed by atoms with Crippen LogP contribution >= 0.6 is 0 Å². The number of imide groups is 1. The van der Waals surface area contributed by atoms with Crippen LogP contribution in [-0.4, -0.2) is 49.1 Å². The van der Waals surface area contributed by atoms with Gasteiger partial charge in [0.2, 0.25) is 11.8 Å². The van der Waals surface area contributed by atoms with E-state index in [2.05, 4.69) is 5.32 Å². The number of ether oxygens (including phenoxy) is 1. The number of nitrogens with one attached hydrogen (secondary N) is 1. The second-order valence-corrected chi connectivity index (χ2v) is 4.01. The summed E-state index contributed by atoms with van der Waals surface area (Å²) >= 11 is 0. The number of carbonyl (C=O) groups is 2. The van der Waals surface area contributed by atoms with Crippen LogP contribution in [0.15, 0.2) is 0 Å². The standard InChI is InChI=1S/C10H16N2O3/c1-15-8-6-11-5-7(8)12-9(13)3-2-4-10(12)14/h7-8,11H,2-6H2,1H3/t7?,8-/m0/s1. The molecule has 0 aromatic heterocycles. The molecule has 5 heteroatoms. The molecule has 84 valence electrons. The summed E-state index contributed by atoms with van der Waals surface area (Å²) in [5.41, 5.74) is 0. The average molecular weight is 212 g/mol. The fourth-order valence-corrected chi connectivity index (χ4v) is 2.28. The predicted octanol–water partition coefficient (Wildman–Crippen LogP) is -0.488. The van der Waals surface area contributed by atoms with Gasteiger partial charge in [0.1, 0.15) is 0 Å². The Hall–Kier alpha value is -0.940. The third-order valence-corrected chi connectivity index (χ3v) is 3.08. The van der Waals surface area contributed by atoms with Crippen LogP contribution in [0, 0.1) is 0 Å². The lowest BCUT2D eigenvalue weighted by molar-refractivity contribution is -0.153. The summed E-state index contributed by atoms with van der Waals surface area (Å²) < 4.78 is 5.27. The summed E-state index contributed by atoms with van der Waals surface area (Å²) in [7, 11) is 1.61. The van der Waals surface area contributed by atoms with Crippen molar-refractivity contribution in [2.75, 3.05) is 20.2 Å². The van der Waals surface area contributed by atoms with Crippen LogP contribution in [0.5, 0.6) is 0 Å². The minimum atomic E-state index is -0.115. The number of hydrogen-bond donors (Lipinski definition) is 1. The van der Waals surface area contributed by atoms with Gasteiger partial charge in [-0.05, 0) is 6.42 Å². The fraction of sp³-hybridized carbons (Fsp3) is 0.800. The van der Waals surface area contributed by atoms with Gasteiger partial charge in [0.25, 0.3) is 0 Å². The van der Waals surface area contributed by atoms with E-state index >= 15 is 0 Å². The molecule has 1 N–H and O–H groups in total. The molecule has 0 bridgehead atoms. The molecule has 2 amide bonds. The second-order valence-electron chi connectivity index (χ2n) is 4.01. The maximum Gasteiger partial charge on any atom is 0.229 e. The predicted molar refractivity (Wildman–Crippen MR) is 53.2 cm³/mol. The number of likely N-dealkylation sites (tertiary alicyclic amines) is 1. The normalized spacial score (nSPS) is 32.5. The minimum absolute atomic E-state index is 0.0537. The van der Waals surface area contributed by atoms with Crippen LogP contribution < -0.4 is 5.32 Å². The first-order valence-electron chi connectivity index (χ1n) is 5.32. The van der Waals surface area contributed by atoms with Gasteiger partial charge >= 0.3 is 0 Å². The van der Waals surface area contributed by atoms with Crippen molar-refractivity contribution < 1.29 is 14.3 Å². The number of hydrogen-bond acceptors (Lipinski definition) is 4. The van der Waals surface area contributed by atoms with Gasteiger partial charge in [-0.2, -0.15) is 0 Å². The van der Waals surface area contributed by atoms with E-state index in [0.717, 1.165) is 0 Å². The molecule has 1 unspecified atom stereocenters. The largest absolute Gasteiger partial charge is 0.378 e. The Morgan fingerprint density at radius 3 is 2.53 bits per heavy atom. The summed E-state index contributed by atoms with van der Waals surface area (Å²) in [6.45, 7) is 1.36. The van der Waals surface area contributed by atoms with Gasteiger partial charge in [-0.1, -0.05) is 0 Å². The molecule has 2 saturated heterocycles. The van der Waals surface area contributed by atoms with E-state index in [1.807, 2.05) is 0 Å². The third kappa shape index (κ3) is 1.89. The number of carbonyl (C=O) groups excluding carboxylic acids is 2. The van der Waals surface area contributed by atoms with Gasteiger partial charge < -0.3 is 10.1 Å². The molecule has 2 fully saturated rings. The van der Waals surface area contributed by atoms with E-state index in [1.54, 1.807) is 7.11 Å². The molecule has 0 aliphatic carbocycles. The highest BCUT2D eigenvalue weighted by Gasteiger charge is 2.39. The van der Waals surface area contributed by atoms with E-state index in [1.165, 1.54) is 4.90 Å². The molecule has 2 atom stereocenters. The highest BCUT2D eigenvalue weighted by molar-refractivity contribution is 5.98. The highest BCUT2D eigenvalue weighted by Crippen LogP contribution is 2.20. The van der Waals surface area contributed by atoms with Crippen molar-refractivity contribution in [2.24, 2.45) is 0 Å². The van der Waals surface area contributed by atoms with E-state index in [9.17, 15) is 9.59 Å². The molecule has 0 aromatic rings. The lowest BCUT2D eigenvalue weighted by Gasteiger charge is -2.32. The summed E-state index contributed by atoms with van der Waals surface area (Å²) in [6, 6.07) is -0.115. The molecule has 0 aromatic carbocycles. The van der Waals surface area contributed by atoms with Crippen molar-refractivity contribution >= 4 is 11.8 Å². The van der Waals surface area contributed by atoms with E-state index in [-0.39, 0.29) is 24.0 Å². The number of rotatable bonds is 2. The molecule has 15 heavy (non-hydrogen) atoms. The first kappa shape index (κ1) is 10.6. The van der Waals surface area contributed by atoms with Crippen LogP contribution in [0.4, 0.5) is 0 Å². The molecule has 0 radical (unpaired) electrons. The van der Waals surface area contributed by atoms with Crippen LogP contribution in [0.1, 0.15) is 19.3 Å². The highest BCUT2D eigenvalue weighted by atomic mass is 16.5. The number of nitrogens with zero attached hydrogens (tertiary/aromatic N) is 1. The molecule has 0 spiro atoms. The first-order chi connectivity index (χ1) is 7.24. The monoisotopic (exact) mass is 212 g/mol. The summed E-state index contributed by atoms with van der Waals surface area (Å²) in [5, 5.41) is 3.14. The van der Waals surface area contributed by atoms with Crippen LogP contribution in [0.25, 0.3) is 0 Å². The lowest BCUT2D eigenvalue weighted by Crippen LogP contribution is -2.52. The number of piperidine rings is 1. The molecule has 2 heterocycles. The Labute approximate surface area is 88.8 Å². The van der Waals surface area contributed by atoms with Crippen LogP contribution in [0.3, 0.4) is 0 Å². The summed E-state index contributed by atoms with van der Waals surface area (Å²) in [6.07, 6.45) is 1.60. The number of amides is 2. The first-order valence-corrected chi connectivity index (χ1v) is 5.32. The molecule has 2 aliphatic heterocycles. The van der Waals surface area contributed by atoms with Crippen molar-refractivity contribution in [1.29, 1.82) is 0 Å². The van der Waals surface area contributed by atoms with Crippen molar-refractivity contribution in [2.45, 2.75) is 31.4 Å². The molecule has 0 saturated carbocycles. The zero-order chi connectivity index (χ0) is 10.8. The Bertz CT molecular complexity index is 264. The fourth-order valence-electron chi connectivity index (χ4n) is 2.28. The number of methoxy groups -OCH3 is 1. The zero-order valence-electron chi connectivity index (χ0n) is 8.86. The van der Waals surface area contributed by atoms with Crippen LogP contribution in [-0.2, 0) is 14.3 Å². The van der Waals surface area contributed by atoms with E-state index < -0.39 is 0 Å². The smallest absolute Gasteiger partial charge is 0.229 e. The summed E-state index contributed by atoms with van der Waals surface area (Å²) in [4.78, 5) is 24.8. The Balaban J connectivity index is 2.13. The quantitative estimate of drug-likeness (QED) is 0.628. The van der Waals surface area contributed by atoms with E-state index in [4.69, 9.17) is 4.74 Å². The molecular formula is C10H16N2O3. The van der Waals surface area contributed by atoms with Gasteiger partial charge in [-0.3, -0.25) is 14.5 Å². The van der Waals surface area contributed by atoms with Gasteiger partial charge in [-0.15, -0.1) is 0 Å². The third-order valence-electron chi connectivity index (χ3n) is 3.08. The van der Waals surface area contributed by atoms with Gasteiger partial charge in [-0.25, -0.2) is 0 Å². The summed E-state index contributed by atoms with van der Waals surface area (Å²) in [5.74, 6) is -0.107.